The monoisotopic (exact) mass is 391 g/mol. The first-order chi connectivity index (χ1) is 13.4. The van der Waals surface area contributed by atoms with E-state index >= 15 is 0 Å². The first-order valence-corrected chi connectivity index (χ1v) is 10.1. The summed E-state index contributed by atoms with van der Waals surface area (Å²) in [4.78, 5) is 12.6. The summed E-state index contributed by atoms with van der Waals surface area (Å²) >= 11 is 0. The van der Waals surface area contributed by atoms with E-state index in [2.05, 4.69) is 0 Å². The molecule has 0 aromatic heterocycles. The van der Waals surface area contributed by atoms with Crippen molar-refractivity contribution in [2.24, 2.45) is 0 Å². The van der Waals surface area contributed by atoms with Crippen LogP contribution in [0, 0.1) is 0 Å². The Morgan fingerprint density at radius 3 is 2.00 bits per heavy atom. The molecule has 0 radical (unpaired) electrons. The molecular weight excluding hydrogens is 374 g/mol. The number of allylic oxidation sites excluding steroid dienone is 1. The molecule has 1 aliphatic heterocycles. The average Bonchev–Trinajstić information content (AvgIpc) is 2.73. The van der Waals surface area contributed by atoms with Gasteiger partial charge in [0.25, 0.3) is 10.0 Å². The summed E-state index contributed by atoms with van der Waals surface area (Å²) in [7, 11) is -2.71. The highest BCUT2D eigenvalue weighted by Gasteiger charge is 2.39. The maximum atomic E-state index is 13.0. The van der Waals surface area contributed by atoms with Crippen molar-refractivity contribution in [3.63, 3.8) is 0 Å². The third kappa shape index (κ3) is 2.70. The van der Waals surface area contributed by atoms with Crippen molar-refractivity contribution in [3.8, 4) is 22.3 Å². The highest BCUT2D eigenvalue weighted by Crippen LogP contribution is 2.38. The lowest BCUT2D eigenvalue weighted by Gasteiger charge is -2.28. The van der Waals surface area contributed by atoms with Crippen LogP contribution >= 0.6 is 0 Å². The van der Waals surface area contributed by atoms with Gasteiger partial charge in [0.1, 0.15) is 16.9 Å². The number of carbonyl (C=O) groups is 1. The smallest absolute Gasteiger partial charge is 0.265 e. The largest absolute Gasteiger partial charge is 0.513 e. The number of fused-ring (bicyclic) bond motifs is 1. The van der Waals surface area contributed by atoms with Crippen LogP contribution in [0.15, 0.2) is 89.7 Å². The number of aliphatic hydroxyl groups is 1. The molecule has 0 bridgehead atoms. The van der Waals surface area contributed by atoms with Gasteiger partial charge in [0.2, 0.25) is 5.78 Å². The number of rotatable bonds is 2. The predicted octanol–water partition coefficient (Wildman–Crippen LogP) is 4.24. The Morgan fingerprint density at radius 2 is 1.36 bits per heavy atom. The van der Waals surface area contributed by atoms with Crippen LogP contribution in [0.3, 0.4) is 0 Å². The molecule has 28 heavy (non-hydrogen) atoms. The number of benzene rings is 3. The molecule has 0 unspecified atom stereocenters. The molecule has 1 heterocycles. The zero-order valence-corrected chi connectivity index (χ0v) is 15.8. The summed E-state index contributed by atoms with van der Waals surface area (Å²) in [6, 6.07) is 22.2. The number of nitrogens with zero attached hydrogens (tertiary/aromatic N) is 1. The molecule has 0 saturated heterocycles. The van der Waals surface area contributed by atoms with Crippen molar-refractivity contribution in [1.29, 1.82) is 0 Å². The van der Waals surface area contributed by atoms with Crippen molar-refractivity contribution < 1.29 is 18.3 Å². The lowest BCUT2D eigenvalue weighted by molar-refractivity contribution is 0.100. The van der Waals surface area contributed by atoms with Gasteiger partial charge in [-0.05, 0) is 22.8 Å². The lowest BCUT2D eigenvalue weighted by Crippen LogP contribution is -2.36. The number of sulfonamides is 1. The Labute approximate surface area is 163 Å². The minimum Gasteiger partial charge on any atom is -0.513 e. The predicted molar refractivity (Wildman–Crippen MR) is 107 cm³/mol. The SMILES string of the molecule is CN1C(=CO)C(=O)c2cccc(-c3ccc(-c4ccccc4)cc3)c2S1(=O)=O. The van der Waals surface area contributed by atoms with E-state index in [1.165, 1.54) is 13.1 Å². The van der Waals surface area contributed by atoms with Crippen LogP contribution in [-0.4, -0.2) is 30.7 Å². The maximum Gasteiger partial charge on any atom is 0.265 e. The highest BCUT2D eigenvalue weighted by atomic mass is 32.2. The van der Waals surface area contributed by atoms with Crippen LogP contribution in [0.1, 0.15) is 10.4 Å². The molecule has 0 aliphatic carbocycles. The van der Waals surface area contributed by atoms with Crippen molar-refractivity contribution in [3.05, 3.63) is 90.3 Å². The average molecular weight is 391 g/mol. The molecule has 3 aromatic rings. The number of ketones is 1. The molecule has 1 aliphatic rings. The lowest BCUT2D eigenvalue weighted by atomic mass is 9.97. The summed E-state index contributed by atoms with van der Waals surface area (Å²) in [5.74, 6) is -0.530. The fourth-order valence-corrected chi connectivity index (χ4v) is 4.95. The van der Waals surface area contributed by atoms with Crippen LogP contribution in [0.5, 0.6) is 0 Å². The Morgan fingerprint density at radius 1 is 0.786 bits per heavy atom. The Kier molecular flexibility index (Phi) is 4.28. The summed E-state index contributed by atoms with van der Waals surface area (Å²) in [5, 5.41) is 9.33. The van der Waals surface area contributed by atoms with Crippen LogP contribution < -0.4 is 0 Å². The zero-order chi connectivity index (χ0) is 19.9. The van der Waals surface area contributed by atoms with Crippen molar-refractivity contribution >= 4 is 15.8 Å². The van der Waals surface area contributed by atoms with Crippen molar-refractivity contribution in [2.75, 3.05) is 7.05 Å². The first kappa shape index (κ1) is 18.0. The second-order valence-corrected chi connectivity index (χ2v) is 8.35. The third-order valence-corrected chi connectivity index (χ3v) is 6.75. The van der Waals surface area contributed by atoms with E-state index in [0.717, 1.165) is 15.4 Å². The van der Waals surface area contributed by atoms with Crippen molar-refractivity contribution in [2.45, 2.75) is 4.90 Å². The molecule has 0 atom stereocenters. The van der Waals surface area contributed by atoms with Crippen molar-refractivity contribution in [1.82, 2.24) is 4.31 Å². The molecule has 6 heteroatoms. The fourth-order valence-electron chi connectivity index (χ4n) is 3.38. The maximum absolute atomic E-state index is 13.0. The molecule has 0 amide bonds. The van der Waals surface area contributed by atoms with Gasteiger partial charge < -0.3 is 5.11 Å². The third-order valence-electron chi connectivity index (χ3n) is 4.88. The van der Waals surface area contributed by atoms with E-state index in [0.29, 0.717) is 17.4 Å². The number of likely N-dealkylation sites (N-methyl/N-ethyl adjacent to an activating group) is 1. The fraction of sp³-hybridized carbons (Fsp3) is 0.0455. The van der Waals surface area contributed by atoms with Crippen LogP contribution in [0.25, 0.3) is 22.3 Å². The second kappa shape index (κ2) is 6.65. The van der Waals surface area contributed by atoms with Gasteiger partial charge in [-0.3, -0.25) is 9.10 Å². The molecule has 0 fully saturated rings. The molecule has 0 saturated carbocycles. The van der Waals surface area contributed by atoms with Gasteiger partial charge in [0.15, 0.2) is 0 Å². The summed E-state index contributed by atoms with van der Waals surface area (Å²) in [6.07, 6.45) is 0.532. The Bertz CT molecular complexity index is 1200. The minimum absolute atomic E-state index is 0.0411. The molecular formula is C22H17NO4S. The summed E-state index contributed by atoms with van der Waals surface area (Å²) in [6.45, 7) is 0. The number of aliphatic hydroxyl groups excluding tert-OH is 1. The van der Waals surface area contributed by atoms with Gasteiger partial charge in [-0.25, -0.2) is 8.42 Å². The standard InChI is InChI=1S/C22H17NO4S/c1-23-20(14-24)21(25)19-9-5-8-18(22(19)28(23,26)27)17-12-10-16(11-13-17)15-6-3-2-4-7-15/h2-14,24H,1H3. The molecule has 4 rings (SSSR count). The van der Waals surface area contributed by atoms with E-state index in [9.17, 15) is 18.3 Å². The molecule has 140 valence electrons. The quantitative estimate of drug-likeness (QED) is 0.524. The number of carbonyl (C=O) groups excluding carboxylic acids is 1. The molecule has 0 spiro atoms. The minimum atomic E-state index is -3.97. The van der Waals surface area contributed by atoms with E-state index in [4.69, 9.17) is 0 Å². The normalized spacial score (nSPS) is 16.8. The van der Waals surface area contributed by atoms with Gasteiger partial charge in [-0.2, -0.15) is 0 Å². The van der Waals surface area contributed by atoms with Gasteiger partial charge in [-0.15, -0.1) is 0 Å². The van der Waals surface area contributed by atoms with Gasteiger partial charge >= 0.3 is 0 Å². The van der Waals surface area contributed by atoms with Gasteiger partial charge in [0.05, 0.1) is 0 Å². The van der Waals surface area contributed by atoms with E-state index < -0.39 is 15.8 Å². The first-order valence-electron chi connectivity index (χ1n) is 8.62. The van der Waals surface area contributed by atoms with E-state index in [-0.39, 0.29) is 16.2 Å². The van der Waals surface area contributed by atoms with Crippen LogP contribution in [-0.2, 0) is 10.0 Å². The highest BCUT2D eigenvalue weighted by molar-refractivity contribution is 7.89. The second-order valence-electron chi connectivity index (χ2n) is 6.44. The number of Topliss-reactive ketones (excluding diaryl/α,β-unsaturated/α-hetero) is 1. The van der Waals surface area contributed by atoms with Crippen LogP contribution in [0.2, 0.25) is 0 Å². The number of hydrogen-bond acceptors (Lipinski definition) is 4. The zero-order valence-electron chi connectivity index (χ0n) is 15.0. The Balaban J connectivity index is 1.88. The van der Waals surface area contributed by atoms with E-state index in [1.54, 1.807) is 12.1 Å². The van der Waals surface area contributed by atoms with E-state index in [1.807, 2.05) is 54.6 Å². The van der Waals surface area contributed by atoms with Gasteiger partial charge in [0, 0.05) is 18.2 Å². The molecule has 1 N–H and O–H groups in total. The van der Waals surface area contributed by atoms with Crippen LogP contribution in [0.4, 0.5) is 0 Å². The van der Waals surface area contributed by atoms with Gasteiger partial charge in [-0.1, -0.05) is 66.7 Å². The number of hydrogen-bond donors (Lipinski definition) is 1. The topological polar surface area (TPSA) is 74.7 Å². The Hall–Kier alpha value is -3.38. The summed E-state index contributed by atoms with van der Waals surface area (Å²) < 4.78 is 26.9. The molecule has 3 aromatic carbocycles. The molecule has 5 nitrogen and oxygen atoms in total. The summed E-state index contributed by atoms with van der Waals surface area (Å²) in [5.41, 5.74) is 3.00.